The van der Waals surface area contributed by atoms with Crippen LogP contribution in [0.1, 0.15) is 23.2 Å². The Morgan fingerprint density at radius 2 is 2.15 bits per heavy atom. The highest BCUT2D eigenvalue weighted by molar-refractivity contribution is 5.93. The van der Waals surface area contributed by atoms with E-state index >= 15 is 0 Å². The zero-order valence-corrected chi connectivity index (χ0v) is 11.7. The van der Waals surface area contributed by atoms with Crippen molar-refractivity contribution in [2.24, 2.45) is 10.9 Å². The second-order valence-electron chi connectivity index (χ2n) is 4.82. The quantitative estimate of drug-likeness (QED) is 0.398. The Morgan fingerprint density at radius 3 is 2.80 bits per heavy atom. The SMILES string of the molecule is CN=C(NCCNC(=O)c1cccnc1)NCC1CC1. The summed E-state index contributed by atoms with van der Waals surface area (Å²) in [6.45, 7) is 2.15. The van der Waals surface area contributed by atoms with Crippen LogP contribution in [0.4, 0.5) is 0 Å². The first kappa shape index (κ1) is 14.3. The molecule has 0 aliphatic heterocycles. The lowest BCUT2D eigenvalue weighted by molar-refractivity contribution is 0.0954. The Morgan fingerprint density at radius 1 is 1.35 bits per heavy atom. The van der Waals surface area contributed by atoms with Gasteiger partial charge in [0, 0.05) is 39.1 Å². The molecule has 108 valence electrons. The Balaban J connectivity index is 1.61. The van der Waals surface area contributed by atoms with Crippen molar-refractivity contribution in [1.29, 1.82) is 0 Å². The normalized spacial score (nSPS) is 14.8. The number of rotatable bonds is 6. The third-order valence-electron chi connectivity index (χ3n) is 3.11. The maximum atomic E-state index is 11.8. The fourth-order valence-corrected chi connectivity index (χ4v) is 1.74. The monoisotopic (exact) mass is 275 g/mol. The first-order valence-electron chi connectivity index (χ1n) is 6.92. The van der Waals surface area contributed by atoms with Gasteiger partial charge in [-0.05, 0) is 30.9 Å². The Hall–Kier alpha value is -2.11. The zero-order valence-electron chi connectivity index (χ0n) is 11.7. The molecule has 0 bridgehead atoms. The Bertz CT molecular complexity index is 456. The number of nitrogens with zero attached hydrogens (tertiary/aromatic N) is 2. The van der Waals surface area contributed by atoms with Gasteiger partial charge in [0.2, 0.25) is 0 Å². The molecule has 1 aromatic heterocycles. The zero-order chi connectivity index (χ0) is 14.2. The number of aliphatic imine (C=N–C) groups is 1. The standard InChI is InChI=1S/C14H21N5O/c1-15-14(19-9-11-4-5-11)18-8-7-17-13(20)12-3-2-6-16-10-12/h2-3,6,10-11H,4-5,7-9H2,1H3,(H,17,20)(H2,15,18,19). The summed E-state index contributed by atoms with van der Waals surface area (Å²) in [5.74, 6) is 1.48. The Kier molecular flexibility index (Phi) is 5.34. The van der Waals surface area contributed by atoms with Crippen molar-refractivity contribution in [2.45, 2.75) is 12.8 Å². The molecule has 2 rings (SSSR count). The summed E-state index contributed by atoms with van der Waals surface area (Å²) in [7, 11) is 1.75. The topological polar surface area (TPSA) is 78.4 Å². The molecule has 1 amide bonds. The van der Waals surface area contributed by atoms with Gasteiger partial charge in [-0.15, -0.1) is 0 Å². The molecule has 1 heterocycles. The molecular weight excluding hydrogens is 254 g/mol. The number of amides is 1. The number of aromatic nitrogens is 1. The second kappa shape index (κ2) is 7.47. The van der Waals surface area contributed by atoms with E-state index in [0.717, 1.165) is 18.4 Å². The lowest BCUT2D eigenvalue weighted by Crippen LogP contribution is -2.42. The average Bonchev–Trinajstić information content (AvgIpc) is 3.31. The molecule has 6 nitrogen and oxygen atoms in total. The molecule has 20 heavy (non-hydrogen) atoms. The van der Waals surface area contributed by atoms with Gasteiger partial charge in [0.15, 0.2) is 5.96 Å². The van der Waals surface area contributed by atoms with Crippen LogP contribution < -0.4 is 16.0 Å². The number of hydrogen-bond acceptors (Lipinski definition) is 3. The number of guanidine groups is 1. The van der Waals surface area contributed by atoms with E-state index in [1.807, 2.05) is 0 Å². The molecule has 0 radical (unpaired) electrons. The maximum Gasteiger partial charge on any atom is 0.252 e. The third-order valence-corrected chi connectivity index (χ3v) is 3.11. The highest BCUT2D eigenvalue weighted by Gasteiger charge is 2.20. The highest BCUT2D eigenvalue weighted by atomic mass is 16.1. The van der Waals surface area contributed by atoms with Gasteiger partial charge in [-0.25, -0.2) is 0 Å². The van der Waals surface area contributed by atoms with E-state index in [9.17, 15) is 4.79 Å². The molecule has 0 spiro atoms. The van der Waals surface area contributed by atoms with Crippen LogP contribution in [-0.2, 0) is 0 Å². The van der Waals surface area contributed by atoms with E-state index < -0.39 is 0 Å². The fraction of sp³-hybridized carbons (Fsp3) is 0.500. The van der Waals surface area contributed by atoms with Gasteiger partial charge < -0.3 is 16.0 Å². The summed E-state index contributed by atoms with van der Waals surface area (Å²) < 4.78 is 0. The predicted molar refractivity (Wildman–Crippen MR) is 78.7 cm³/mol. The van der Waals surface area contributed by atoms with Crippen molar-refractivity contribution in [3.63, 3.8) is 0 Å². The minimum Gasteiger partial charge on any atom is -0.356 e. The number of carbonyl (C=O) groups is 1. The number of hydrogen-bond donors (Lipinski definition) is 3. The van der Waals surface area contributed by atoms with Gasteiger partial charge in [0.1, 0.15) is 0 Å². The van der Waals surface area contributed by atoms with E-state index in [-0.39, 0.29) is 5.91 Å². The molecule has 1 aromatic rings. The minimum absolute atomic E-state index is 0.110. The molecule has 0 aromatic carbocycles. The van der Waals surface area contributed by atoms with Crippen molar-refractivity contribution in [3.05, 3.63) is 30.1 Å². The van der Waals surface area contributed by atoms with Crippen LogP contribution in [0.5, 0.6) is 0 Å². The van der Waals surface area contributed by atoms with Crippen LogP contribution in [0.25, 0.3) is 0 Å². The lowest BCUT2D eigenvalue weighted by Gasteiger charge is -2.11. The van der Waals surface area contributed by atoms with E-state index in [0.29, 0.717) is 18.7 Å². The van der Waals surface area contributed by atoms with Crippen molar-refractivity contribution in [3.8, 4) is 0 Å². The summed E-state index contributed by atoms with van der Waals surface area (Å²) in [5.41, 5.74) is 0.573. The molecule has 3 N–H and O–H groups in total. The van der Waals surface area contributed by atoms with Gasteiger partial charge in [-0.2, -0.15) is 0 Å². The van der Waals surface area contributed by atoms with Gasteiger partial charge in [-0.1, -0.05) is 0 Å². The summed E-state index contributed by atoms with van der Waals surface area (Å²) in [5, 5.41) is 9.27. The third kappa shape index (κ3) is 4.87. The number of pyridine rings is 1. The minimum atomic E-state index is -0.110. The molecule has 1 fully saturated rings. The van der Waals surface area contributed by atoms with Crippen molar-refractivity contribution in [1.82, 2.24) is 20.9 Å². The first-order chi connectivity index (χ1) is 9.79. The smallest absolute Gasteiger partial charge is 0.252 e. The van der Waals surface area contributed by atoms with Gasteiger partial charge in [0.25, 0.3) is 5.91 Å². The molecular formula is C14H21N5O. The van der Waals surface area contributed by atoms with Crippen molar-refractivity contribution >= 4 is 11.9 Å². The largest absolute Gasteiger partial charge is 0.356 e. The number of carbonyl (C=O) groups excluding carboxylic acids is 1. The second-order valence-corrected chi connectivity index (χ2v) is 4.82. The fourth-order valence-electron chi connectivity index (χ4n) is 1.74. The van der Waals surface area contributed by atoms with E-state index in [1.165, 1.54) is 12.8 Å². The molecule has 0 unspecified atom stereocenters. The average molecular weight is 275 g/mol. The Labute approximate surface area is 119 Å². The number of nitrogens with one attached hydrogen (secondary N) is 3. The van der Waals surface area contributed by atoms with Crippen LogP contribution in [0.15, 0.2) is 29.5 Å². The molecule has 6 heteroatoms. The molecule has 1 aliphatic rings. The summed E-state index contributed by atoms with van der Waals surface area (Å²) >= 11 is 0. The van der Waals surface area contributed by atoms with Crippen LogP contribution in [-0.4, -0.2) is 43.5 Å². The molecule has 0 atom stereocenters. The first-order valence-corrected chi connectivity index (χ1v) is 6.92. The maximum absolute atomic E-state index is 11.8. The molecule has 0 saturated heterocycles. The highest BCUT2D eigenvalue weighted by Crippen LogP contribution is 2.27. The summed E-state index contributed by atoms with van der Waals surface area (Å²) in [6, 6.07) is 3.49. The van der Waals surface area contributed by atoms with Gasteiger partial charge in [-0.3, -0.25) is 14.8 Å². The van der Waals surface area contributed by atoms with Crippen LogP contribution in [0.3, 0.4) is 0 Å². The van der Waals surface area contributed by atoms with Crippen LogP contribution >= 0.6 is 0 Å². The summed E-state index contributed by atoms with van der Waals surface area (Å²) in [4.78, 5) is 19.8. The molecule has 1 aliphatic carbocycles. The van der Waals surface area contributed by atoms with E-state index in [1.54, 1.807) is 31.6 Å². The predicted octanol–water partition coefficient (Wildman–Crippen LogP) is 0.386. The summed E-state index contributed by atoms with van der Waals surface area (Å²) in [6.07, 6.45) is 5.82. The van der Waals surface area contributed by atoms with Crippen molar-refractivity contribution in [2.75, 3.05) is 26.7 Å². The van der Waals surface area contributed by atoms with Gasteiger partial charge in [0.05, 0.1) is 5.56 Å². The van der Waals surface area contributed by atoms with Gasteiger partial charge >= 0.3 is 0 Å². The van der Waals surface area contributed by atoms with E-state index in [4.69, 9.17) is 0 Å². The molecule has 1 saturated carbocycles. The van der Waals surface area contributed by atoms with Crippen molar-refractivity contribution < 1.29 is 4.79 Å². The van der Waals surface area contributed by atoms with E-state index in [2.05, 4.69) is 25.9 Å². The van der Waals surface area contributed by atoms with Crippen LogP contribution in [0, 0.1) is 5.92 Å². The van der Waals surface area contributed by atoms with Crippen LogP contribution in [0.2, 0.25) is 0 Å². The lowest BCUT2D eigenvalue weighted by atomic mass is 10.3.